The van der Waals surface area contributed by atoms with Gasteiger partial charge in [-0.1, -0.05) is 12.1 Å². The molecule has 0 aliphatic rings. The summed E-state index contributed by atoms with van der Waals surface area (Å²) in [5.41, 5.74) is 0.897. The molecule has 0 bridgehead atoms. The lowest BCUT2D eigenvalue weighted by molar-refractivity contribution is -0.137. The molecule has 0 saturated heterocycles. The first-order valence-corrected chi connectivity index (χ1v) is 6.75. The van der Waals surface area contributed by atoms with Crippen molar-refractivity contribution in [2.24, 2.45) is 7.05 Å². The molecule has 1 aromatic carbocycles. The number of hydrogen-bond acceptors (Lipinski definition) is 2. The molecule has 0 fully saturated rings. The van der Waals surface area contributed by atoms with E-state index in [0.717, 1.165) is 17.7 Å². The van der Waals surface area contributed by atoms with Gasteiger partial charge in [-0.3, -0.25) is 9.48 Å². The fourth-order valence-electron chi connectivity index (χ4n) is 1.96. The SMILES string of the molecule is Cn1cc(CCC(=O)NCc2ccc(C(F)(F)F)cc2)cn1. The van der Waals surface area contributed by atoms with E-state index in [-0.39, 0.29) is 12.5 Å². The normalized spacial score (nSPS) is 11.5. The van der Waals surface area contributed by atoms with Gasteiger partial charge >= 0.3 is 6.18 Å². The van der Waals surface area contributed by atoms with Gasteiger partial charge in [0.2, 0.25) is 5.91 Å². The number of amides is 1. The first-order chi connectivity index (χ1) is 10.3. The Bertz CT molecular complexity index is 632. The Balaban J connectivity index is 1.78. The van der Waals surface area contributed by atoms with E-state index in [9.17, 15) is 18.0 Å². The molecule has 4 nitrogen and oxygen atoms in total. The molecular weight excluding hydrogens is 295 g/mol. The van der Waals surface area contributed by atoms with E-state index >= 15 is 0 Å². The lowest BCUT2D eigenvalue weighted by Gasteiger charge is -2.08. The number of aryl methyl sites for hydroxylation is 2. The average Bonchev–Trinajstić information content (AvgIpc) is 2.88. The van der Waals surface area contributed by atoms with Crippen molar-refractivity contribution in [3.63, 3.8) is 0 Å². The van der Waals surface area contributed by atoms with Crippen molar-refractivity contribution in [1.29, 1.82) is 0 Å². The molecule has 0 saturated carbocycles. The van der Waals surface area contributed by atoms with Crippen LogP contribution in [0.1, 0.15) is 23.1 Å². The lowest BCUT2D eigenvalue weighted by Crippen LogP contribution is -2.23. The van der Waals surface area contributed by atoms with Crippen molar-refractivity contribution in [1.82, 2.24) is 15.1 Å². The quantitative estimate of drug-likeness (QED) is 0.923. The van der Waals surface area contributed by atoms with Crippen LogP contribution in [0.4, 0.5) is 13.2 Å². The Morgan fingerprint density at radius 2 is 1.91 bits per heavy atom. The minimum atomic E-state index is -4.34. The van der Waals surface area contributed by atoms with E-state index in [1.165, 1.54) is 12.1 Å². The summed E-state index contributed by atoms with van der Waals surface area (Å²) < 4.78 is 38.9. The van der Waals surface area contributed by atoms with E-state index < -0.39 is 11.7 Å². The van der Waals surface area contributed by atoms with Crippen LogP contribution in [0.3, 0.4) is 0 Å². The molecule has 1 aromatic heterocycles. The molecule has 0 aliphatic heterocycles. The molecule has 0 spiro atoms. The first-order valence-electron chi connectivity index (χ1n) is 6.75. The summed E-state index contributed by atoms with van der Waals surface area (Å²) in [5.74, 6) is -0.149. The highest BCUT2D eigenvalue weighted by atomic mass is 19.4. The summed E-state index contributed by atoms with van der Waals surface area (Å²) in [6.07, 6.45) is 0.0802. The van der Waals surface area contributed by atoms with Gasteiger partial charge in [0.1, 0.15) is 0 Å². The highest BCUT2D eigenvalue weighted by Crippen LogP contribution is 2.29. The summed E-state index contributed by atoms with van der Waals surface area (Å²) in [7, 11) is 1.80. The predicted octanol–water partition coefficient (Wildman–Crippen LogP) is 2.69. The van der Waals surface area contributed by atoms with E-state index in [0.29, 0.717) is 18.4 Å². The molecule has 0 radical (unpaired) electrons. The molecule has 1 amide bonds. The lowest BCUT2D eigenvalue weighted by atomic mass is 10.1. The molecule has 1 N–H and O–H groups in total. The number of aromatic nitrogens is 2. The first kappa shape index (κ1) is 16.1. The van der Waals surface area contributed by atoms with Gasteiger partial charge in [0.15, 0.2) is 0 Å². The molecule has 7 heteroatoms. The zero-order valence-corrected chi connectivity index (χ0v) is 12.0. The number of nitrogens with one attached hydrogen (secondary N) is 1. The van der Waals surface area contributed by atoms with Gasteiger partial charge in [-0.15, -0.1) is 0 Å². The van der Waals surface area contributed by atoms with Crippen LogP contribution >= 0.6 is 0 Å². The van der Waals surface area contributed by atoms with Gasteiger partial charge in [0.25, 0.3) is 0 Å². The minimum absolute atomic E-state index is 0.149. The molecule has 2 rings (SSSR count). The van der Waals surface area contributed by atoms with Crippen LogP contribution < -0.4 is 5.32 Å². The highest BCUT2D eigenvalue weighted by molar-refractivity contribution is 5.76. The predicted molar refractivity (Wildman–Crippen MR) is 74.8 cm³/mol. The highest BCUT2D eigenvalue weighted by Gasteiger charge is 2.29. The summed E-state index contributed by atoms with van der Waals surface area (Å²) in [6, 6.07) is 4.75. The van der Waals surface area contributed by atoms with Crippen LogP contribution in [0.15, 0.2) is 36.7 Å². The Kier molecular flexibility index (Phi) is 4.85. The Morgan fingerprint density at radius 1 is 1.23 bits per heavy atom. The largest absolute Gasteiger partial charge is 0.416 e. The van der Waals surface area contributed by atoms with Gasteiger partial charge in [0, 0.05) is 26.2 Å². The fourth-order valence-corrected chi connectivity index (χ4v) is 1.96. The number of halogens is 3. The van der Waals surface area contributed by atoms with Crippen molar-refractivity contribution < 1.29 is 18.0 Å². The fraction of sp³-hybridized carbons (Fsp3) is 0.333. The summed E-state index contributed by atoms with van der Waals surface area (Å²) in [6.45, 7) is 0.212. The van der Waals surface area contributed by atoms with Crippen LogP contribution in [0.5, 0.6) is 0 Å². The smallest absolute Gasteiger partial charge is 0.352 e. The average molecular weight is 311 g/mol. The number of hydrogen-bond donors (Lipinski definition) is 1. The van der Waals surface area contributed by atoms with Crippen LogP contribution in [0, 0.1) is 0 Å². The van der Waals surface area contributed by atoms with Gasteiger partial charge in [-0.2, -0.15) is 18.3 Å². The van der Waals surface area contributed by atoms with Crippen LogP contribution in [-0.4, -0.2) is 15.7 Å². The van der Waals surface area contributed by atoms with E-state index in [1.54, 1.807) is 17.9 Å². The van der Waals surface area contributed by atoms with Crippen LogP contribution in [0.2, 0.25) is 0 Å². The van der Waals surface area contributed by atoms with E-state index in [4.69, 9.17) is 0 Å². The van der Waals surface area contributed by atoms with Crippen LogP contribution in [-0.2, 0) is 31.0 Å². The van der Waals surface area contributed by atoms with Gasteiger partial charge in [-0.05, 0) is 29.7 Å². The molecule has 0 aliphatic carbocycles. The monoisotopic (exact) mass is 311 g/mol. The molecule has 0 atom stereocenters. The molecule has 1 heterocycles. The number of alkyl halides is 3. The number of carbonyl (C=O) groups is 1. The third kappa shape index (κ3) is 4.61. The van der Waals surface area contributed by atoms with E-state index in [2.05, 4.69) is 10.4 Å². The van der Waals surface area contributed by atoms with Crippen molar-refractivity contribution in [2.45, 2.75) is 25.6 Å². The Morgan fingerprint density at radius 3 is 2.45 bits per heavy atom. The minimum Gasteiger partial charge on any atom is -0.352 e. The molecule has 0 unspecified atom stereocenters. The van der Waals surface area contributed by atoms with Gasteiger partial charge in [-0.25, -0.2) is 0 Å². The van der Waals surface area contributed by atoms with Gasteiger partial charge < -0.3 is 5.32 Å². The topological polar surface area (TPSA) is 46.9 Å². The van der Waals surface area contributed by atoms with Gasteiger partial charge in [0.05, 0.1) is 11.8 Å². The summed E-state index contributed by atoms with van der Waals surface area (Å²) in [5, 5.41) is 6.70. The van der Waals surface area contributed by atoms with Crippen LogP contribution in [0.25, 0.3) is 0 Å². The maximum atomic E-state index is 12.4. The maximum absolute atomic E-state index is 12.4. The molecular formula is C15H16F3N3O. The zero-order valence-electron chi connectivity index (χ0n) is 12.0. The van der Waals surface area contributed by atoms with Crippen molar-refractivity contribution in [3.8, 4) is 0 Å². The van der Waals surface area contributed by atoms with Crippen molar-refractivity contribution in [3.05, 3.63) is 53.3 Å². The molecule has 118 valence electrons. The standard InChI is InChI=1S/C15H16F3N3O/c1-21-10-12(9-20-21)4-7-14(22)19-8-11-2-5-13(6-3-11)15(16,17)18/h2-3,5-6,9-10H,4,7-8H2,1H3,(H,19,22). The third-order valence-electron chi connectivity index (χ3n) is 3.17. The van der Waals surface area contributed by atoms with Crippen molar-refractivity contribution in [2.75, 3.05) is 0 Å². The number of benzene rings is 1. The second kappa shape index (κ2) is 6.64. The zero-order chi connectivity index (χ0) is 16.2. The summed E-state index contributed by atoms with van der Waals surface area (Å²) in [4.78, 5) is 11.7. The second-order valence-corrected chi connectivity index (χ2v) is 4.99. The number of nitrogens with zero attached hydrogens (tertiary/aromatic N) is 2. The van der Waals surface area contributed by atoms with Crippen molar-refractivity contribution >= 4 is 5.91 Å². The molecule has 2 aromatic rings. The van der Waals surface area contributed by atoms with E-state index in [1.807, 2.05) is 6.20 Å². The Labute approximate surface area is 125 Å². The maximum Gasteiger partial charge on any atom is 0.416 e. The summed E-state index contributed by atoms with van der Waals surface area (Å²) >= 11 is 0. The third-order valence-corrected chi connectivity index (χ3v) is 3.17. The second-order valence-electron chi connectivity index (χ2n) is 4.99. The Hall–Kier alpha value is -2.31. The number of carbonyl (C=O) groups excluding carboxylic acids is 1. The number of rotatable bonds is 5. The molecule has 22 heavy (non-hydrogen) atoms.